The van der Waals surface area contributed by atoms with Crippen molar-refractivity contribution in [2.24, 2.45) is 5.92 Å². The lowest BCUT2D eigenvalue weighted by molar-refractivity contribution is -0.122. The average molecular weight is 385 g/mol. The molecule has 0 aliphatic carbocycles. The molecule has 2 atom stereocenters. The maximum atomic E-state index is 12.7. The predicted molar refractivity (Wildman–Crippen MR) is 110 cm³/mol. The Balaban J connectivity index is 1.77. The van der Waals surface area contributed by atoms with Crippen LogP contribution >= 0.6 is 11.6 Å². The van der Waals surface area contributed by atoms with Gasteiger partial charge in [0.2, 0.25) is 11.8 Å². The van der Waals surface area contributed by atoms with Gasteiger partial charge in [0.25, 0.3) is 0 Å². The summed E-state index contributed by atoms with van der Waals surface area (Å²) in [7, 11) is 0. The predicted octanol–water partition coefficient (Wildman–Crippen LogP) is 5.15. The fourth-order valence-electron chi connectivity index (χ4n) is 3.44. The molecule has 0 spiro atoms. The zero-order valence-electron chi connectivity index (χ0n) is 16.0. The quantitative estimate of drug-likeness (QED) is 0.774. The average Bonchev–Trinajstić information content (AvgIpc) is 3.05. The Bertz CT molecular complexity index is 865. The van der Waals surface area contributed by atoms with Gasteiger partial charge < -0.3 is 10.2 Å². The number of hydrogen-bond donors (Lipinski definition) is 1. The second-order valence-electron chi connectivity index (χ2n) is 7.25. The van der Waals surface area contributed by atoms with Gasteiger partial charge in [0.15, 0.2) is 0 Å². The number of nitrogens with zero attached hydrogens (tertiary/aromatic N) is 1. The molecule has 27 heavy (non-hydrogen) atoms. The number of anilines is 2. The Labute approximate surface area is 165 Å². The number of amides is 2. The van der Waals surface area contributed by atoms with E-state index < -0.39 is 0 Å². The van der Waals surface area contributed by atoms with E-state index in [4.69, 9.17) is 11.6 Å². The molecule has 142 valence electrons. The molecule has 5 heteroatoms. The molecule has 4 nitrogen and oxygen atoms in total. The summed E-state index contributed by atoms with van der Waals surface area (Å²) in [5, 5.41) is 3.38. The number of nitrogens with one attached hydrogen (secondary N) is 1. The zero-order valence-corrected chi connectivity index (χ0v) is 16.7. The molecule has 3 rings (SSSR count). The molecular weight excluding hydrogens is 360 g/mol. The highest BCUT2D eigenvalue weighted by Crippen LogP contribution is 2.34. The third-order valence-corrected chi connectivity index (χ3v) is 5.56. The molecule has 1 N–H and O–H groups in total. The third kappa shape index (κ3) is 4.16. The van der Waals surface area contributed by atoms with E-state index in [1.807, 2.05) is 37.3 Å². The molecule has 1 aliphatic heterocycles. The van der Waals surface area contributed by atoms with E-state index in [9.17, 15) is 9.59 Å². The van der Waals surface area contributed by atoms with Gasteiger partial charge in [-0.2, -0.15) is 0 Å². The van der Waals surface area contributed by atoms with Crippen LogP contribution in [0.1, 0.15) is 43.7 Å². The molecule has 0 saturated carbocycles. The molecule has 0 unspecified atom stereocenters. The Morgan fingerprint density at radius 3 is 2.74 bits per heavy atom. The number of carbonyl (C=O) groups is 2. The number of aryl methyl sites for hydroxylation is 1. The van der Waals surface area contributed by atoms with Crippen molar-refractivity contribution >= 4 is 34.8 Å². The lowest BCUT2D eigenvalue weighted by atomic mass is 9.96. The third-order valence-electron chi connectivity index (χ3n) is 5.25. The molecule has 2 aromatic rings. The molecular formula is C22H25ClN2O2. The fraction of sp³-hybridized carbons (Fsp3) is 0.364. The lowest BCUT2D eigenvalue weighted by Gasteiger charge is -2.23. The van der Waals surface area contributed by atoms with Crippen molar-refractivity contribution in [3.8, 4) is 0 Å². The van der Waals surface area contributed by atoms with Crippen LogP contribution in [0.5, 0.6) is 0 Å². The summed E-state index contributed by atoms with van der Waals surface area (Å²) < 4.78 is 0. The second kappa shape index (κ2) is 8.13. The number of carbonyl (C=O) groups excluding carboxylic acids is 2. The topological polar surface area (TPSA) is 49.4 Å². The number of rotatable bonds is 5. The molecule has 1 heterocycles. The zero-order chi connectivity index (χ0) is 19.6. The van der Waals surface area contributed by atoms with Crippen molar-refractivity contribution in [1.29, 1.82) is 0 Å². The van der Waals surface area contributed by atoms with Crippen LogP contribution in [0.4, 0.5) is 11.4 Å². The first kappa shape index (κ1) is 19.4. The van der Waals surface area contributed by atoms with Gasteiger partial charge in [0, 0.05) is 18.7 Å². The first-order valence-corrected chi connectivity index (χ1v) is 9.74. The minimum atomic E-state index is -0.389. The van der Waals surface area contributed by atoms with Crippen molar-refractivity contribution < 1.29 is 9.59 Å². The molecule has 0 aromatic heterocycles. The van der Waals surface area contributed by atoms with Crippen LogP contribution in [-0.2, 0) is 9.59 Å². The van der Waals surface area contributed by atoms with Gasteiger partial charge in [-0.25, -0.2) is 0 Å². The van der Waals surface area contributed by atoms with E-state index in [2.05, 4.69) is 25.2 Å². The maximum absolute atomic E-state index is 12.7. The van der Waals surface area contributed by atoms with E-state index in [0.29, 0.717) is 23.2 Å². The van der Waals surface area contributed by atoms with Gasteiger partial charge in [-0.1, -0.05) is 49.7 Å². The van der Waals surface area contributed by atoms with E-state index in [0.717, 1.165) is 23.2 Å². The van der Waals surface area contributed by atoms with E-state index in [1.165, 1.54) is 0 Å². The van der Waals surface area contributed by atoms with Crippen molar-refractivity contribution in [3.63, 3.8) is 0 Å². The monoisotopic (exact) mass is 384 g/mol. The van der Waals surface area contributed by atoms with Gasteiger partial charge in [-0.05, 0) is 48.6 Å². The summed E-state index contributed by atoms with van der Waals surface area (Å²) in [5.41, 5.74) is 3.68. The number of benzene rings is 2. The summed E-state index contributed by atoms with van der Waals surface area (Å²) in [6, 6.07) is 13.5. The van der Waals surface area contributed by atoms with Crippen LogP contribution in [0.2, 0.25) is 5.02 Å². The van der Waals surface area contributed by atoms with Gasteiger partial charge >= 0.3 is 0 Å². The van der Waals surface area contributed by atoms with Crippen LogP contribution in [0, 0.1) is 12.8 Å². The standard InChI is InChI=1S/C22H25ClN2O2/c1-4-15(3)17-7-5-6-8-20(17)25-13-16(12-21(25)26)22(27)24-19-10-9-14(2)11-18(19)23/h5-11,15-16H,4,12-13H2,1-3H3,(H,24,27)/t15-,16-/m1/s1. The van der Waals surface area contributed by atoms with Gasteiger partial charge in [-0.15, -0.1) is 0 Å². The van der Waals surface area contributed by atoms with Crippen LogP contribution < -0.4 is 10.2 Å². The maximum Gasteiger partial charge on any atom is 0.229 e. The Morgan fingerprint density at radius 1 is 1.30 bits per heavy atom. The van der Waals surface area contributed by atoms with Crippen LogP contribution in [0.25, 0.3) is 0 Å². The normalized spacial score (nSPS) is 17.9. The van der Waals surface area contributed by atoms with Gasteiger partial charge in [-0.3, -0.25) is 9.59 Å². The largest absolute Gasteiger partial charge is 0.324 e. The second-order valence-corrected chi connectivity index (χ2v) is 7.65. The van der Waals surface area contributed by atoms with Crippen LogP contribution in [0.15, 0.2) is 42.5 Å². The van der Waals surface area contributed by atoms with Crippen molar-refractivity contribution in [1.82, 2.24) is 0 Å². The highest BCUT2D eigenvalue weighted by Gasteiger charge is 2.36. The van der Waals surface area contributed by atoms with Gasteiger partial charge in [0.05, 0.1) is 16.6 Å². The Morgan fingerprint density at radius 2 is 2.04 bits per heavy atom. The van der Waals surface area contributed by atoms with Gasteiger partial charge in [0.1, 0.15) is 0 Å². The first-order valence-electron chi connectivity index (χ1n) is 9.37. The van der Waals surface area contributed by atoms with Crippen LogP contribution in [0.3, 0.4) is 0 Å². The fourth-order valence-corrected chi connectivity index (χ4v) is 3.72. The molecule has 2 aromatic carbocycles. The van der Waals surface area contributed by atoms with Crippen LogP contribution in [-0.4, -0.2) is 18.4 Å². The molecule has 1 saturated heterocycles. The summed E-state index contributed by atoms with van der Waals surface area (Å²) in [4.78, 5) is 27.1. The lowest BCUT2D eigenvalue weighted by Crippen LogP contribution is -2.29. The molecule has 1 fully saturated rings. The molecule has 0 bridgehead atoms. The van der Waals surface area contributed by atoms with Crippen molar-refractivity contribution in [2.45, 2.75) is 39.5 Å². The summed E-state index contributed by atoms with van der Waals surface area (Å²) in [6.45, 7) is 6.62. The molecule has 0 radical (unpaired) electrons. The highest BCUT2D eigenvalue weighted by molar-refractivity contribution is 6.33. The minimum Gasteiger partial charge on any atom is -0.324 e. The van der Waals surface area contributed by atoms with E-state index in [-0.39, 0.29) is 24.2 Å². The summed E-state index contributed by atoms with van der Waals surface area (Å²) in [6.07, 6.45) is 1.21. The number of halogens is 1. The van der Waals surface area contributed by atoms with Crippen molar-refractivity contribution in [3.05, 3.63) is 58.6 Å². The van der Waals surface area contributed by atoms with E-state index in [1.54, 1.807) is 11.0 Å². The number of hydrogen-bond acceptors (Lipinski definition) is 2. The molecule has 2 amide bonds. The molecule has 1 aliphatic rings. The Kier molecular flexibility index (Phi) is 5.85. The van der Waals surface area contributed by atoms with Crippen molar-refractivity contribution in [2.75, 3.05) is 16.8 Å². The minimum absolute atomic E-state index is 0.0130. The smallest absolute Gasteiger partial charge is 0.229 e. The summed E-state index contributed by atoms with van der Waals surface area (Å²) in [5.74, 6) is -0.216. The number of para-hydroxylation sites is 1. The SMILES string of the molecule is CC[C@@H](C)c1ccccc1N1C[C@H](C(=O)Nc2ccc(C)cc2Cl)CC1=O. The highest BCUT2D eigenvalue weighted by atomic mass is 35.5. The first-order chi connectivity index (χ1) is 12.9. The van der Waals surface area contributed by atoms with E-state index >= 15 is 0 Å². The Hall–Kier alpha value is -2.33. The summed E-state index contributed by atoms with van der Waals surface area (Å²) >= 11 is 6.21.